The number of nitrogens with zero attached hydrogens (tertiary/aromatic N) is 5. The van der Waals surface area contributed by atoms with Gasteiger partial charge >= 0.3 is 0 Å². The number of anilines is 4. The summed E-state index contributed by atoms with van der Waals surface area (Å²) >= 11 is 1.60. The molecule has 1 aliphatic heterocycles. The summed E-state index contributed by atoms with van der Waals surface area (Å²) in [5.41, 5.74) is 5.01. The van der Waals surface area contributed by atoms with Crippen LogP contribution in [0.25, 0.3) is 21.3 Å². The lowest BCUT2D eigenvalue weighted by Crippen LogP contribution is -2.36. The number of methoxy groups -OCH3 is 1. The van der Waals surface area contributed by atoms with Gasteiger partial charge in [0.1, 0.15) is 5.82 Å². The van der Waals surface area contributed by atoms with Crippen molar-refractivity contribution in [3.05, 3.63) is 48.4 Å². The van der Waals surface area contributed by atoms with E-state index >= 15 is 0 Å². The van der Waals surface area contributed by atoms with Crippen LogP contribution in [0.2, 0.25) is 0 Å². The first-order valence-electron chi connectivity index (χ1n) is 15.1. The van der Waals surface area contributed by atoms with Crippen LogP contribution in [-0.2, 0) is 16.0 Å². The van der Waals surface area contributed by atoms with E-state index in [2.05, 4.69) is 50.1 Å². The van der Waals surface area contributed by atoms with Crippen LogP contribution in [-0.4, -0.2) is 88.7 Å². The summed E-state index contributed by atoms with van der Waals surface area (Å²) in [5, 5.41) is 21.1. The molecule has 2 fully saturated rings. The molecule has 228 valence electrons. The fraction of sp³-hybridized carbons (Fsp3) is 0.484. The molecule has 0 unspecified atom stereocenters. The molecule has 0 atom stereocenters. The van der Waals surface area contributed by atoms with Crippen molar-refractivity contribution in [1.29, 1.82) is 0 Å². The number of aromatic nitrogens is 4. The first kappa shape index (κ1) is 29.6. The maximum Gasteiger partial charge on any atom is 0.225 e. The summed E-state index contributed by atoms with van der Waals surface area (Å²) in [6.07, 6.45) is 7.88. The van der Waals surface area contributed by atoms with Gasteiger partial charge in [0, 0.05) is 70.0 Å². The number of aliphatic hydroxyl groups excluding tert-OH is 1. The number of nitrogens with one attached hydrogen (secondary N) is 3. The average Bonchev–Trinajstić information content (AvgIpc) is 3.42. The van der Waals surface area contributed by atoms with Crippen LogP contribution in [0.1, 0.15) is 37.8 Å². The summed E-state index contributed by atoms with van der Waals surface area (Å²) in [6, 6.07) is 10.7. The van der Waals surface area contributed by atoms with Gasteiger partial charge in [0.15, 0.2) is 5.13 Å². The van der Waals surface area contributed by atoms with Crippen LogP contribution < -0.4 is 16.0 Å². The van der Waals surface area contributed by atoms with Crippen LogP contribution in [0.3, 0.4) is 0 Å². The Morgan fingerprint density at radius 3 is 2.72 bits per heavy atom. The number of rotatable bonds is 12. The van der Waals surface area contributed by atoms with Gasteiger partial charge in [-0.1, -0.05) is 17.4 Å². The molecule has 0 amide bonds. The Balaban J connectivity index is 1.19. The van der Waals surface area contributed by atoms with Crippen LogP contribution in [0.5, 0.6) is 0 Å². The summed E-state index contributed by atoms with van der Waals surface area (Å²) in [5.74, 6) is 1.33. The fourth-order valence-electron chi connectivity index (χ4n) is 5.51. The van der Waals surface area contributed by atoms with Gasteiger partial charge in [0.05, 0.1) is 40.9 Å². The third kappa shape index (κ3) is 8.15. The van der Waals surface area contributed by atoms with Gasteiger partial charge < -0.3 is 30.5 Å². The number of benzene rings is 1. The highest BCUT2D eigenvalue weighted by atomic mass is 32.1. The Morgan fingerprint density at radius 2 is 1.88 bits per heavy atom. The van der Waals surface area contributed by atoms with Crippen molar-refractivity contribution in [3.8, 4) is 11.1 Å². The molecule has 1 saturated carbocycles. The zero-order valence-corrected chi connectivity index (χ0v) is 25.4. The topological polar surface area (TPSA) is 130 Å². The molecule has 4 heterocycles. The van der Waals surface area contributed by atoms with Gasteiger partial charge in [-0.2, -0.15) is 4.98 Å². The molecule has 1 aliphatic carbocycles. The van der Waals surface area contributed by atoms with Crippen molar-refractivity contribution in [2.24, 2.45) is 0 Å². The van der Waals surface area contributed by atoms with E-state index in [0.717, 1.165) is 116 Å². The van der Waals surface area contributed by atoms with Gasteiger partial charge in [-0.05, 0) is 55.9 Å². The van der Waals surface area contributed by atoms with Crippen molar-refractivity contribution in [2.45, 2.75) is 50.8 Å². The second kappa shape index (κ2) is 14.4. The van der Waals surface area contributed by atoms with Crippen LogP contribution >= 0.6 is 11.3 Å². The van der Waals surface area contributed by atoms with Gasteiger partial charge in [-0.25, -0.2) is 9.97 Å². The Labute approximate surface area is 256 Å². The van der Waals surface area contributed by atoms with Crippen molar-refractivity contribution in [1.82, 2.24) is 24.8 Å². The summed E-state index contributed by atoms with van der Waals surface area (Å²) in [6.45, 7) is 5.55. The zero-order valence-electron chi connectivity index (χ0n) is 24.6. The van der Waals surface area contributed by atoms with E-state index in [1.54, 1.807) is 18.4 Å². The standard InChI is InChI=1S/C31H40N8O3S/c1-41-12-2-9-33-24-15-22(18-32-19-24)21-3-8-27-28(16-21)43-31(36-27)38-29-17-25(20-39-10-13-42-14-11-39)35-30(37-29)34-23-4-6-26(40)7-5-23/h3,8,15-19,23,26,33,40H,2,4-7,9-14,20H2,1H3,(H2,34,35,36,37,38)/t23-,26-. The Hall–Kier alpha value is -3.42. The Kier molecular flexibility index (Phi) is 9.90. The normalized spacial score (nSPS) is 19.4. The monoisotopic (exact) mass is 604 g/mol. The van der Waals surface area contributed by atoms with E-state index in [1.807, 2.05) is 18.5 Å². The number of hydrogen-bond acceptors (Lipinski definition) is 12. The van der Waals surface area contributed by atoms with E-state index in [-0.39, 0.29) is 12.1 Å². The second-order valence-corrected chi connectivity index (χ2v) is 12.2. The minimum atomic E-state index is -0.202. The summed E-state index contributed by atoms with van der Waals surface area (Å²) in [7, 11) is 1.72. The van der Waals surface area contributed by atoms with Gasteiger partial charge in [0.25, 0.3) is 0 Å². The van der Waals surface area contributed by atoms with Crippen LogP contribution in [0.15, 0.2) is 42.7 Å². The van der Waals surface area contributed by atoms with Gasteiger partial charge in [-0.15, -0.1) is 0 Å². The first-order chi connectivity index (χ1) is 21.1. The molecule has 11 nitrogen and oxygen atoms in total. The van der Waals surface area contributed by atoms with E-state index in [0.29, 0.717) is 11.8 Å². The number of thiazole rings is 1. The fourth-order valence-corrected chi connectivity index (χ4v) is 6.42. The molecule has 6 rings (SSSR count). The minimum Gasteiger partial charge on any atom is -0.393 e. The molecule has 1 aromatic carbocycles. The van der Waals surface area contributed by atoms with Gasteiger partial charge in [0.2, 0.25) is 5.95 Å². The number of pyridine rings is 1. The lowest BCUT2D eigenvalue weighted by molar-refractivity contribution is 0.0336. The van der Waals surface area contributed by atoms with Crippen molar-refractivity contribution >= 4 is 44.1 Å². The molecule has 2 aliphatic rings. The molecule has 1 saturated heterocycles. The van der Waals surface area contributed by atoms with Crippen LogP contribution in [0, 0.1) is 0 Å². The number of fused-ring (bicyclic) bond motifs is 1. The zero-order chi connectivity index (χ0) is 29.4. The smallest absolute Gasteiger partial charge is 0.225 e. The number of aliphatic hydroxyl groups is 1. The number of ether oxygens (including phenoxy) is 2. The molecule has 3 aromatic heterocycles. The molecule has 0 bridgehead atoms. The molecule has 12 heteroatoms. The van der Waals surface area contributed by atoms with E-state index < -0.39 is 0 Å². The SMILES string of the molecule is COCCCNc1cncc(-c2ccc3nc(Nc4cc(CN5CCOCC5)nc(N[C@H]5CC[C@H](O)CC5)n4)sc3c2)c1. The van der Waals surface area contributed by atoms with Crippen molar-refractivity contribution in [3.63, 3.8) is 0 Å². The molecule has 43 heavy (non-hydrogen) atoms. The second-order valence-electron chi connectivity index (χ2n) is 11.2. The van der Waals surface area contributed by atoms with Crippen molar-refractivity contribution < 1.29 is 14.6 Å². The van der Waals surface area contributed by atoms with E-state index in [1.165, 1.54) is 0 Å². The lowest BCUT2D eigenvalue weighted by atomic mass is 9.93. The number of hydrogen-bond donors (Lipinski definition) is 4. The van der Waals surface area contributed by atoms with Crippen LogP contribution in [0.4, 0.5) is 22.6 Å². The number of morpholine rings is 1. The predicted molar refractivity (Wildman–Crippen MR) is 171 cm³/mol. The highest BCUT2D eigenvalue weighted by Crippen LogP contribution is 2.33. The summed E-state index contributed by atoms with van der Waals surface area (Å²) in [4.78, 5) is 21.3. The van der Waals surface area contributed by atoms with E-state index in [4.69, 9.17) is 24.4 Å². The third-order valence-corrected chi connectivity index (χ3v) is 8.78. The summed E-state index contributed by atoms with van der Waals surface area (Å²) < 4.78 is 11.8. The molecule has 4 aromatic rings. The molecular weight excluding hydrogens is 564 g/mol. The quantitative estimate of drug-likeness (QED) is 0.165. The van der Waals surface area contributed by atoms with Gasteiger partial charge in [-0.3, -0.25) is 9.88 Å². The van der Waals surface area contributed by atoms with Crippen molar-refractivity contribution in [2.75, 3.05) is 62.5 Å². The maximum absolute atomic E-state index is 9.93. The largest absolute Gasteiger partial charge is 0.393 e. The third-order valence-electron chi connectivity index (χ3n) is 7.85. The predicted octanol–water partition coefficient (Wildman–Crippen LogP) is 4.89. The molecule has 4 N–H and O–H groups in total. The lowest BCUT2D eigenvalue weighted by Gasteiger charge is -2.27. The molecule has 0 spiro atoms. The van der Waals surface area contributed by atoms with E-state index in [9.17, 15) is 5.11 Å². The maximum atomic E-state index is 9.93. The highest BCUT2D eigenvalue weighted by molar-refractivity contribution is 7.22. The Bertz CT molecular complexity index is 1490. The highest BCUT2D eigenvalue weighted by Gasteiger charge is 2.21. The molecular formula is C31H40N8O3S. The first-order valence-corrected chi connectivity index (χ1v) is 15.9. The minimum absolute atomic E-state index is 0.202. The average molecular weight is 605 g/mol. The Morgan fingerprint density at radius 1 is 1.02 bits per heavy atom. The molecule has 0 radical (unpaired) electrons.